The van der Waals surface area contributed by atoms with Gasteiger partial charge in [0, 0.05) is 11.8 Å². The average molecular weight is 351 g/mol. The summed E-state index contributed by atoms with van der Waals surface area (Å²) < 4.78 is 5.98. The van der Waals surface area contributed by atoms with Crippen LogP contribution in [0.4, 0.5) is 0 Å². The monoisotopic (exact) mass is 350 g/mol. The molecule has 0 bridgehead atoms. The second kappa shape index (κ2) is 6.67. The van der Waals surface area contributed by atoms with Crippen molar-refractivity contribution in [1.82, 2.24) is 9.97 Å². The summed E-state index contributed by atoms with van der Waals surface area (Å²) in [5.74, 6) is 0.224. The van der Waals surface area contributed by atoms with E-state index in [-0.39, 0.29) is 5.56 Å². The van der Waals surface area contributed by atoms with E-state index < -0.39 is 5.97 Å². The molecule has 1 aromatic heterocycles. The van der Waals surface area contributed by atoms with Crippen molar-refractivity contribution in [3.63, 3.8) is 0 Å². The van der Waals surface area contributed by atoms with Gasteiger partial charge in [0.2, 0.25) is 0 Å². The molecule has 0 spiro atoms. The molecule has 21 heavy (non-hydrogen) atoms. The first-order chi connectivity index (χ1) is 10.1. The Labute approximate surface area is 131 Å². The zero-order valence-corrected chi connectivity index (χ0v) is 13.3. The van der Waals surface area contributed by atoms with Crippen molar-refractivity contribution < 1.29 is 14.6 Å². The van der Waals surface area contributed by atoms with Gasteiger partial charge < -0.3 is 9.84 Å². The van der Waals surface area contributed by atoms with Gasteiger partial charge in [-0.25, -0.2) is 14.8 Å². The molecule has 0 aliphatic carbocycles. The SMILES string of the molecule is CCCc1nc(-c2ccc(OC)c(Br)c2)ncc1C(=O)O. The molecule has 0 aliphatic heterocycles. The average Bonchev–Trinajstić information content (AvgIpc) is 2.47. The number of rotatable bonds is 5. The number of aromatic nitrogens is 2. The van der Waals surface area contributed by atoms with Gasteiger partial charge in [-0.1, -0.05) is 13.3 Å². The molecule has 6 heteroatoms. The maximum atomic E-state index is 11.2. The number of nitrogens with zero attached hydrogens (tertiary/aromatic N) is 2. The predicted molar refractivity (Wildman–Crippen MR) is 82.7 cm³/mol. The van der Waals surface area contributed by atoms with Crippen molar-refractivity contribution >= 4 is 21.9 Å². The van der Waals surface area contributed by atoms with E-state index in [0.29, 0.717) is 17.9 Å². The van der Waals surface area contributed by atoms with Gasteiger partial charge >= 0.3 is 5.97 Å². The zero-order valence-electron chi connectivity index (χ0n) is 11.8. The van der Waals surface area contributed by atoms with Crippen molar-refractivity contribution in [2.24, 2.45) is 0 Å². The molecule has 5 nitrogen and oxygen atoms in total. The summed E-state index contributed by atoms with van der Waals surface area (Å²) >= 11 is 3.42. The van der Waals surface area contributed by atoms with Crippen molar-refractivity contribution in [3.8, 4) is 17.1 Å². The largest absolute Gasteiger partial charge is 0.496 e. The lowest BCUT2D eigenvalue weighted by Gasteiger charge is -2.08. The molecule has 2 aromatic rings. The van der Waals surface area contributed by atoms with Gasteiger partial charge in [-0.15, -0.1) is 0 Å². The van der Waals surface area contributed by atoms with Crippen LogP contribution < -0.4 is 4.74 Å². The molecular formula is C15H15BrN2O3. The van der Waals surface area contributed by atoms with E-state index in [9.17, 15) is 4.79 Å². The van der Waals surface area contributed by atoms with E-state index in [1.807, 2.05) is 25.1 Å². The van der Waals surface area contributed by atoms with Gasteiger partial charge in [-0.05, 0) is 40.5 Å². The first kappa shape index (κ1) is 15.4. The number of aryl methyl sites for hydroxylation is 1. The lowest BCUT2D eigenvalue weighted by molar-refractivity contribution is 0.0694. The number of halogens is 1. The number of carboxylic acids is 1. The van der Waals surface area contributed by atoms with Crippen LogP contribution in [0.3, 0.4) is 0 Å². The summed E-state index contributed by atoms with van der Waals surface area (Å²) in [4.78, 5) is 19.7. The van der Waals surface area contributed by atoms with Crippen molar-refractivity contribution in [1.29, 1.82) is 0 Å². The van der Waals surface area contributed by atoms with Crippen LogP contribution >= 0.6 is 15.9 Å². The standard InChI is InChI=1S/C15H15BrN2O3/c1-3-4-12-10(15(19)20)8-17-14(18-12)9-5-6-13(21-2)11(16)7-9/h5-8H,3-4H2,1-2H3,(H,19,20). The normalized spacial score (nSPS) is 10.4. The fourth-order valence-corrected chi connectivity index (χ4v) is 2.51. The lowest BCUT2D eigenvalue weighted by Crippen LogP contribution is -2.07. The number of hydrogen-bond acceptors (Lipinski definition) is 4. The molecule has 0 fully saturated rings. The maximum Gasteiger partial charge on any atom is 0.339 e. The summed E-state index contributed by atoms with van der Waals surface area (Å²) in [5.41, 5.74) is 1.52. The summed E-state index contributed by atoms with van der Waals surface area (Å²) in [6.45, 7) is 1.98. The third kappa shape index (κ3) is 3.39. The Morgan fingerprint density at radius 1 is 1.43 bits per heavy atom. The van der Waals surface area contributed by atoms with E-state index in [1.54, 1.807) is 7.11 Å². The van der Waals surface area contributed by atoms with Gasteiger partial charge in [0.25, 0.3) is 0 Å². The van der Waals surface area contributed by atoms with Crippen LogP contribution in [-0.2, 0) is 6.42 Å². The smallest absolute Gasteiger partial charge is 0.339 e. The number of aromatic carboxylic acids is 1. The highest BCUT2D eigenvalue weighted by molar-refractivity contribution is 9.10. The minimum atomic E-state index is -0.999. The summed E-state index contributed by atoms with van der Waals surface area (Å²) in [5, 5.41) is 9.16. The molecule has 1 heterocycles. The van der Waals surface area contributed by atoms with Crippen LogP contribution in [0.15, 0.2) is 28.9 Å². The fraction of sp³-hybridized carbons (Fsp3) is 0.267. The Kier molecular flexibility index (Phi) is 4.90. The number of ether oxygens (including phenoxy) is 1. The van der Waals surface area contributed by atoms with Crippen LogP contribution in [0.5, 0.6) is 5.75 Å². The Morgan fingerprint density at radius 2 is 2.19 bits per heavy atom. The van der Waals surface area contributed by atoms with E-state index >= 15 is 0 Å². The Morgan fingerprint density at radius 3 is 2.76 bits per heavy atom. The number of methoxy groups -OCH3 is 1. The van der Waals surface area contributed by atoms with Gasteiger partial charge in [0.1, 0.15) is 5.75 Å². The molecule has 0 saturated carbocycles. The number of benzene rings is 1. The van der Waals surface area contributed by atoms with Crippen molar-refractivity contribution in [3.05, 3.63) is 40.1 Å². The highest BCUT2D eigenvalue weighted by Gasteiger charge is 2.14. The molecule has 2 rings (SSSR count). The molecule has 0 saturated heterocycles. The second-order valence-corrected chi connectivity index (χ2v) is 5.31. The first-order valence-electron chi connectivity index (χ1n) is 6.50. The zero-order chi connectivity index (χ0) is 15.4. The minimum absolute atomic E-state index is 0.160. The fourth-order valence-electron chi connectivity index (χ4n) is 1.97. The van der Waals surface area contributed by atoms with E-state index in [0.717, 1.165) is 22.2 Å². The molecular weight excluding hydrogens is 336 g/mol. The van der Waals surface area contributed by atoms with Gasteiger partial charge in [0.15, 0.2) is 5.82 Å². The second-order valence-electron chi connectivity index (χ2n) is 4.46. The predicted octanol–water partition coefficient (Wildman–Crippen LogP) is 3.57. The third-order valence-electron chi connectivity index (χ3n) is 2.99. The molecule has 0 atom stereocenters. The molecule has 0 aliphatic rings. The highest BCUT2D eigenvalue weighted by Crippen LogP contribution is 2.29. The van der Waals surface area contributed by atoms with E-state index in [1.165, 1.54) is 6.20 Å². The van der Waals surface area contributed by atoms with E-state index in [2.05, 4.69) is 25.9 Å². The molecule has 110 valence electrons. The summed E-state index contributed by atoms with van der Waals surface area (Å²) in [6, 6.07) is 5.51. The topological polar surface area (TPSA) is 72.3 Å². The Bertz CT molecular complexity index is 674. The number of hydrogen-bond donors (Lipinski definition) is 1. The summed E-state index contributed by atoms with van der Waals surface area (Å²) in [7, 11) is 1.59. The third-order valence-corrected chi connectivity index (χ3v) is 3.61. The van der Waals surface area contributed by atoms with Crippen LogP contribution in [0.2, 0.25) is 0 Å². The number of carbonyl (C=O) groups is 1. The first-order valence-corrected chi connectivity index (χ1v) is 7.29. The molecule has 1 aromatic carbocycles. The van der Waals surface area contributed by atoms with Crippen LogP contribution in [0, 0.1) is 0 Å². The van der Waals surface area contributed by atoms with Crippen LogP contribution in [-0.4, -0.2) is 28.2 Å². The molecule has 0 radical (unpaired) electrons. The number of carboxylic acid groups (broad SMARTS) is 1. The molecule has 0 unspecified atom stereocenters. The maximum absolute atomic E-state index is 11.2. The van der Waals surface area contributed by atoms with Crippen molar-refractivity contribution in [2.75, 3.05) is 7.11 Å². The molecule has 0 amide bonds. The lowest BCUT2D eigenvalue weighted by atomic mass is 10.1. The van der Waals surface area contributed by atoms with Gasteiger partial charge in [0.05, 0.1) is 22.8 Å². The van der Waals surface area contributed by atoms with E-state index in [4.69, 9.17) is 9.84 Å². The quantitative estimate of drug-likeness (QED) is 0.892. The summed E-state index contributed by atoms with van der Waals surface area (Å²) in [6.07, 6.45) is 2.80. The Hall–Kier alpha value is -1.95. The minimum Gasteiger partial charge on any atom is -0.496 e. The highest BCUT2D eigenvalue weighted by atomic mass is 79.9. The van der Waals surface area contributed by atoms with Gasteiger partial charge in [-0.2, -0.15) is 0 Å². The van der Waals surface area contributed by atoms with Crippen molar-refractivity contribution in [2.45, 2.75) is 19.8 Å². The van der Waals surface area contributed by atoms with Gasteiger partial charge in [-0.3, -0.25) is 0 Å². The van der Waals surface area contributed by atoms with Crippen LogP contribution in [0.1, 0.15) is 29.4 Å². The van der Waals surface area contributed by atoms with Crippen LogP contribution in [0.25, 0.3) is 11.4 Å². The molecule has 1 N–H and O–H groups in total. The Balaban J connectivity index is 2.47.